The highest BCUT2D eigenvalue weighted by Gasteiger charge is 2.16. The minimum atomic E-state index is -0.788. The summed E-state index contributed by atoms with van der Waals surface area (Å²) in [5.74, 6) is -0.632. The van der Waals surface area contributed by atoms with Crippen LogP contribution < -0.4 is 0 Å². The second kappa shape index (κ2) is 38.8. The van der Waals surface area contributed by atoms with Gasteiger partial charge >= 0.3 is 11.9 Å². The van der Waals surface area contributed by atoms with Crippen LogP contribution in [0.2, 0.25) is 0 Å². The number of hydrogen-bond donors (Lipinski definition) is 1. The molecule has 0 saturated carbocycles. The van der Waals surface area contributed by atoms with E-state index in [0.29, 0.717) is 12.8 Å². The first-order valence-electron chi connectivity index (χ1n) is 19.5. The summed E-state index contributed by atoms with van der Waals surface area (Å²) >= 11 is 0. The molecule has 0 aliphatic rings. The summed E-state index contributed by atoms with van der Waals surface area (Å²) < 4.78 is 10.6. The Bertz CT molecular complexity index is 895. The van der Waals surface area contributed by atoms with Gasteiger partial charge in [-0.2, -0.15) is 0 Å². The van der Waals surface area contributed by atoms with Crippen LogP contribution in [0.15, 0.2) is 72.9 Å². The number of aliphatic hydroxyl groups is 1. The Morgan fingerprint density at radius 2 is 0.896 bits per heavy atom. The van der Waals surface area contributed by atoms with Gasteiger partial charge in [-0.1, -0.05) is 145 Å². The van der Waals surface area contributed by atoms with E-state index in [1.165, 1.54) is 51.4 Å². The van der Waals surface area contributed by atoms with E-state index in [0.717, 1.165) is 89.9 Å². The van der Waals surface area contributed by atoms with Gasteiger partial charge in [0.15, 0.2) is 6.10 Å². The molecule has 0 aromatic heterocycles. The van der Waals surface area contributed by atoms with E-state index < -0.39 is 6.10 Å². The average molecular weight is 669 g/mol. The number of esters is 2. The number of unbranched alkanes of at least 4 members (excludes halogenated alkanes) is 14. The first-order chi connectivity index (χ1) is 23.6. The topological polar surface area (TPSA) is 72.8 Å². The van der Waals surface area contributed by atoms with Gasteiger partial charge in [0, 0.05) is 12.8 Å². The molecule has 0 fully saturated rings. The maximum atomic E-state index is 12.2. The highest BCUT2D eigenvalue weighted by atomic mass is 16.6. The molecular formula is C43H72O5. The number of aliphatic hydroxyl groups excluding tert-OH is 1. The summed E-state index contributed by atoms with van der Waals surface area (Å²) in [7, 11) is 0. The van der Waals surface area contributed by atoms with Crippen LogP contribution in [-0.2, 0) is 19.1 Å². The normalized spacial score (nSPS) is 13.0. The molecule has 0 radical (unpaired) electrons. The fourth-order valence-electron chi connectivity index (χ4n) is 5.04. The average Bonchev–Trinajstić information content (AvgIpc) is 3.09. The quantitative estimate of drug-likeness (QED) is 0.0420. The minimum absolute atomic E-state index is 0.0840. The summed E-state index contributed by atoms with van der Waals surface area (Å²) in [6.07, 6.45) is 51.0. The van der Waals surface area contributed by atoms with E-state index in [1.54, 1.807) is 0 Å². The molecule has 48 heavy (non-hydrogen) atoms. The van der Waals surface area contributed by atoms with Gasteiger partial charge in [-0.15, -0.1) is 0 Å². The Morgan fingerprint density at radius 3 is 1.35 bits per heavy atom. The van der Waals surface area contributed by atoms with Crippen molar-refractivity contribution in [2.75, 3.05) is 13.2 Å². The lowest BCUT2D eigenvalue weighted by Crippen LogP contribution is -2.28. The molecule has 5 heteroatoms. The van der Waals surface area contributed by atoms with Gasteiger partial charge in [0.05, 0.1) is 6.61 Å². The second-order valence-electron chi connectivity index (χ2n) is 12.6. The van der Waals surface area contributed by atoms with Crippen LogP contribution in [0.25, 0.3) is 0 Å². The zero-order valence-electron chi connectivity index (χ0n) is 31.0. The van der Waals surface area contributed by atoms with Gasteiger partial charge < -0.3 is 14.6 Å². The Morgan fingerprint density at radius 1 is 0.500 bits per heavy atom. The number of carbonyl (C=O) groups is 2. The van der Waals surface area contributed by atoms with Gasteiger partial charge in [-0.25, -0.2) is 0 Å². The molecular weight excluding hydrogens is 596 g/mol. The Balaban J connectivity index is 3.64. The standard InChI is InChI=1S/C43H72O5/c1-3-5-7-9-11-13-15-17-19-20-21-22-24-26-28-30-32-34-36-38-43(46)48-41(39-44)40-47-42(45)37-35-33-31-29-27-25-23-18-16-14-12-10-8-6-4-2/h6,8,11-14,17-19,21-23,41,44H,3-5,7,9-10,15-16,20,24-40H2,1-2H3/b8-6-,13-11-,14-12-,19-17-,22-21-,23-18-. The lowest BCUT2D eigenvalue weighted by Gasteiger charge is -2.15. The first kappa shape index (κ1) is 45.3. The SMILES string of the molecule is CC/C=C\C/C=C\C/C=C\CCCCCCCC(=O)OCC(CO)OC(=O)CCCCCCCC/C=C\C/C=C\C/C=C\CCCCC. The third-order valence-electron chi connectivity index (χ3n) is 7.98. The largest absolute Gasteiger partial charge is 0.462 e. The van der Waals surface area contributed by atoms with Gasteiger partial charge in [0.2, 0.25) is 0 Å². The van der Waals surface area contributed by atoms with Crippen molar-refractivity contribution in [2.45, 2.75) is 174 Å². The zero-order valence-corrected chi connectivity index (χ0v) is 31.0. The van der Waals surface area contributed by atoms with Gasteiger partial charge in [0.25, 0.3) is 0 Å². The van der Waals surface area contributed by atoms with E-state index in [9.17, 15) is 14.7 Å². The molecule has 0 heterocycles. The molecule has 274 valence electrons. The van der Waals surface area contributed by atoms with Crippen LogP contribution in [0.5, 0.6) is 0 Å². The highest BCUT2D eigenvalue weighted by Crippen LogP contribution is 2.12. The predicted molar refractivity (Wildman–Crippen MR) is 205 cm³/mol. The molecule has 0 aliphatic heterocycles. The van der Waals surface area contributed by atoms with Crippen LogP contribution in [0.1, 0.15) is 168 Å². The predicted octanol–water partition coefficient (Wildman–Crippen LogP) is 12.2. The molecule has 5 nitrogen and oxygen atoms in total. The van der Waals surface area contributed by atoms with Crippen LogP contribution in [0, 0.1) is 0 Å². The Hall–Kier alpha value is -2.66. The van der Waals surface area contributed by atoms with Crippen LogP contribution in [0.4, 0.5) is 0 Å². The number of rotatable bonds is 34. The van der Waals surface area contributed by atoms with E-state index in [-0.39, 0.29) is 25.2 Å². The second-order valence-corrected chi connectivity index (χ2v) is 12.6. The van der Waals surface area contributed by atoms with Gasteiger partial charge in [0.1, 0.15) is 6.61 Å². The summed E-state index contributed by atoms with van der Waals surface area (Å²) in [6, 6.07) is 0. The number of ether oxygens (including phenoxy) is 2. The van der Waals surface area contributed by atoms with E-state index in [1.807, 2.05) is 0 Å². The number of hydrogen-bond acceptors (Lipinski definition) is 5. The molecule has 0 aromatic carbocycles. The van der Waals surface area contributed by atoms with Crippen molar-refractivity contribution >= 4 is 11.9 Å². The van der Waals surface area contributed by atoms with Crippen molar-refractivity contribution in [3.63, 3.8) is 0 Å². The minimum Gasteiger partial charge on any atom is -0.462 e. The lowest BCUT2D eigenvalue weighted by atomic mass is 10.1. The van der Waals surface area contributed by atoms with E-state index in [2.05, 4.69) is 86.8 Å². The molecule has 0 saturated heterocycles. The number of allylic oxidation sites excluding steroid dienone is 12. The summed E-state index contributed by atoms with van der Waals surface area (Å²) in [6.45, 7) is 3.96. The molecule has 0 bridgehead atoms. The maximum Gasteiger partial charge on any atom is 0.306 e. The smallest absolute Gasteiger partial charge is 0.306 e. The van der Waals surface area contributed by atoms with E-state index >= 15 is 0 Å². The lowest BCUT2D eigenvalue weighted by molar-refractivity contribution is -0.161. The molecule has 0 aromatic rings. The van der Waals surface area contributed by atoms with Crippen molar-refractivity contribution in [1.29, 1.82) is 0 Å². The van der Waals surface area contributed by atoms with Crippen LogP contribution in [-0.4, -0.2) is 36.4 Å². The highest BCUT2D eigenvalue weighted by molar-refractivity contribution is 5.70. The van der Waals surface area contributed by atoms with Crippen molar-refractivity contribution in [3.8, 4) is 0 Å². The van der Waals surface area contributed by atoms with Crippen molar-refractivity contribution in [1.82, 2.24) is 0 Å². The zero-order chi connectivity index (χ0) is 35.0. The molecule has 0 spiro atoms. The molecule has 0 rings (SSSR count). The van der Waals surface area contributed by atoms with Gasteiger partial charge in [-0.3, -0.25) is 9.59 Å². The monoisotopic (exact) mass is 669 g/mol. The summed E-state index contributed by atoms with van der Waals surface area (Å²) in [5.41, 5.74) is 0. The number of carbonyl (C=O) groups excluding carboxylic acids is 2. The summed E-state index contributed by atoms with van der Waals surface area (Å²) in [5, 5.41) is 9.55. The third kappa shape index (κ3) is 36.2. The summed E-state index contributed by atoms with van der Waals surface area (Å²) in [4.78, 5) is 24.2. The first-order valence-corrected chi connectivity index (χ1v) is 19.5. The van der Waals surface area contributed by atoms with Crippen molar-refractivity contribution in [3.05, 3.63) is 72.9 Å². The fourth-order valence-corrected chi connectivity index (χ4v) is 5.04. The maximum absolute atomic E-state index is 12.2. The molecule has 1 N–H and O–H groups in total. The van der Waals surface area contributed by atoms with Crippen LogP contribution >= 0.6 is 0 Å². The van der Waals surface area contributed by atoms with Crippen molar-refractivity contribution < 1.29 is 24.2 Å². The molecule has 1 unspecified atom stereocenters. The van der Waals surface area contributed by atoms with Gasteiger partial charge in [-0.05, 0) is 83.5 Å². The van der Waals surface area contributed by atoms with E-state index in [4.69, 9.17) is 9.47 Å². The Labute approximate surface area is 295 Å². The van der Waals surface area contributed by atoms with Crippen molar-refractivity contribution in [2.24, 2.45) is 0 Å². The molecule has 0 amide bonds. The third-order valence-corrected chi connectivity index (χ3v) is 7.98. The molecule has 1 atom stereocenters. The Kier molecular flexibility index (Phi) is 36.6. The fraction of sp³-hybridized carbons (Fsp3) is 0.674. The molecule has 0 aliphatic carbocycles. The van der Waals surface area contributed by atoms with Crippen LogP contribution in [0.3, 0.4) is 0 Å².